The van der Waals surface area contributed by atoms with Crippen LogP contribution in [0.3, 0.4) is 0 Å². The molecule has 1 heterocycles. The molecule has 0 spiro atoms. The van der Waals surface area contributed by atoms with Gasteiger partial charge in [-0.15, -0.1) is 10.2 Å². The Hall–Kier alpha value is -1.10. The molecule has 5 heteroatoms. The Morgan fingerprint density at radius 3 is 2.50 bits per heavy atom. The van der Waals surface area contributed by atoms with E-state index in [4.69, 9.17) is 5.73 Å². The Kier molecular flexibility index (Phi) is 3.46. The number of nitrogens with zero attached hydrogens (tertiary/aromatic N) is 3. The summed E-state index contributed by atoms with van der Waals surface area (Å²) < 4.78 is 1.90. The van der Waals surface area contributed by atoms with E-state index in [0.29, 0.717) is 5.92 Å². The maximum atomic E-state index is 6.01. The third-order valence-corrected chi connectivity index (χ3v) is 2.19. The molecule has 80 valence electrons. The lowest BCUT2D eigenvalue weighted by molar-refractivity contribution is 0.483. The van der Waals surface area contributed by atoms with Crippen molar-refractivity contribution in [1.29, 1.82) is 0 Å². The molecular weight excluding hydrogens is 178 g/mol. The van der Waals surface area contributed by atoms with Crippen molar-refractivity contribution >= 4 is 5.95 Å². The van der Waals surface area contributed by atoms with Gasteiger partial charge in [-0.1, -0.05) is 13.8 Å². The SMILES string of the molecule is CNc1nnc([C@H](N)CC(C)C)n1C. The molecule has 0 amide bonds. The largest absolute Gasteiger partial charge is 0.357 e. The van der Waals surface area contributed by atoms with Crippen molar-refractivity contribution in [2.45, 2.75) is 26.3 Å². The molecule has 14 heavy (non-hydrogen) atoms. The highest BCUT2D eigenvalue weighted by Crippen LogP contribution is 2.18. The van der Waals surface area contributed by atoms with Crippen molar-refractivity contribution in [2.75, 3.05) is 12.4 Å². The van der Waals surface area contributed by atoms with Gasteiger partial charge >= 0.3 is 0 Å². The molecule has 0 fully saturated rings. The van der Waals surface area contributed by atoms with Crippen molar-refractivity contribution in [2.24, 2.45) is 18.7 Å². The Morgan fingerprint density at radius 1 is 1.43 bits per heavy atom. The maximum absolute atomic E-state index is 6.01. The van der Waals surface area contributed by atoms with E-state index in [0.717, 1.165) is 18.2 Å². The van der Waals surface area contributed by atoms with Crippen LogP contribution in [0.4, 0.5) is 5.95 Å². The van der Waals surface area contributed by atoms with E-state index in [1.165, 1.54) is 0 Å². The van der Waals surface area contributed by atoms with Gasteiger partial charge in [0.1, 0.15) is 0 Å². The van der Waals surface area contributed by atoms with Gasteiger partial charge in [0.05, 0.1) is 6.04 Å². The van der Waals surface area contributed by atoms with Gasteiger partial charge in [0.25, 0.3) is 0 Å². The standard InChI is InChI=1S/C9H19N5/c1-6(2)5-7(10)8-12-13-9(11-3)14(8)4/h6-7H,5,10H2,1-4H3,(H,11,13)/t7-/m1/s1. The highest BCUT2D eigenvalue weighted by atomic mass is 15.3. The van der Waals surface area contributed by atoms with Gasteiger partial charge in [-0.3, -0.25) is 4.57 Å². The molecule has 1 rings (SSSR count). The van der Waals surface area contributed by atoms with Gasteiger partial charge in [-0.2, -0.15) is 0 Å². The summed E-state index contributed by atoms with van der Waals surface area (Å²) in [6.07, 6.45) is 0.926. The fraction of sp³-hybridized carbons (Fsp3) is 0.778. The lowest BCUT2D eigenvalue weighted by Gasteiger charge is -2.13. The summed E-state index contributed by atoms with van der Waals surface area (Å²) in [4.78, 5) is 0. The summed E-state index contributed by atoms with van der Waals surface area (Å²) in [6, 6.07) is -0.0328. The Morgan fingerprint density at radius 2 is 2.07 bits per heavy atom. The molecule has 0 radical (unpaired) electrons. The maximum Gasteiger partial charge on any atom is 0.224 e. The zero-order valence-corrected chi connectivity index (χ0v) is 9.28. The van der Waals surface area contributed by atoms with Crippen LogP contribution in [0.1, 0.15) is 32.1 Å². The topological polar surface area (TPSA) is 68.8 Å². The third kappa shape index (κ3) is 2.23. The van der Waals surface area contributed by atoms with Crippen LogP contribution in [-0.4, -0.2) is 21.8 Å². The summed E-state index contributed by atoms with van der Waals surface area (Å²) in [5.41, 5.74) is 6.01. The Bertz CT molecular complexity index is 291. The molecule has 3 N–H and O–H groups in total. The normalized spacial score (nSPS) is 13.3. The van der Waals surface area contributed by atoms with E-state index < -0.39 is 0 Å². The summed E-state index contributed by atoms with van der Waals surface area (Å²) in [7, 11) is 3.74. The molecule has 1 aromatic heterocycles. The lowest BCUT2D eigenvalue weighted by Crippen LogP contribution is -2.17. The second-order valence-electron chi connectivity index (χ2n) is 3.93. The molecular formula is C9H19N5. The van der Waals surface area contributed by atoms with Crippen LogP contribution in [0.25, 0.3) is 0 Å². The molecule has 5 nitrogen and oxygen atoms in total. The van der Waals surface area contributed by atoms with Crippen LogP contribution < -0.4 is 11.1 Å². The smallest absolute Gasteiger partial charge is 0.224 e. The van der Waals surface area contributed by atoms with Crippen molar-refractivity contribution in [3.8, 4) is 0 Å². The zero-order chi connectivity index (χ0) is 10.7. The van der Waals surface area contributed by atoms with Gasteiger partial charge < -0.3 is 11.1 Å². The van der Waals surface area contributed by atoms with Crippen LogP contribution in [0.15, 0.2) is 0 Å². The third-order valence-electron chi connectivity index (χ3n) is 2.19. The van der Waals surface area contributed by atoms with Gasteiger partial charge in [0.15, 0.2) is 5.82 Å². The average Bonchev–Trinajstić information content (AvgIpc) is 2.45. The number of rotatable bonds is 4. The number of aromatic nitrogens is 3. The van der Waals surface area contributed by atoms with Gasteiger partial charge in [0, 0.05) is 14.1 Å². The van der Waals surface area contributed by atoms with Gasteiger partial charge in [-0.25, -0.2) is 0 Å². The number of anilines is 1. The quantitative estimate of drug-likeness (QED) is 0.752. The summed E-state index contributed by atoms with van der Waals surface area (Å²) in [6.45, 7) is 4.30. The molecule has 1 aromatic rings. The summed E-state index contributed by atoms with van der Waals surface area (Å²) in [5, 5.41) is 11.0. The molecule has 0 aliphatic heterocycles. The Labute approximate surface area is 84.7 Å². The van der Waals surface area contributed by atoms with Gasteiger partial charge in [0.2, 0.25) is 5.95 Å². The predicted octanol–water partition coefficient (Wildman–Crippen LogP) is 0.903. The minimum Gasteiger partial charge on any atom is -0.357 e. The van der Waals surface area contributed by atoms with Crippen molar-refractivity contribution in [3.05, 3.63) is 5.82 Å². The molecule has 0 aliphatic rings. The highest BCUT2D eigenvalue weighted by Gasteiger charge is 2.15. The zero-order valence-electron chi connectivity index (χ0n) is 9.28. The minimum absolute atomic E-state index is 0.0328. The van der Waals surface area contributed by atoms with Crippen LogP contribution in [-0.2, 0) is 7.05 Å². The highest BCUT2D eigenvalue weighted by molar-refractivity contribution is 5.24. The molecule has 0 aliphatic carbocycles. The number of hydrogen-bond acceptors (Lipinski definition) is 4. The first-order valence-corrected chi connectivity index (χ1v) is 4.88. The molecule has 0 aromatic carbocycles. The first-order chi connectivity index (χ1) is 6.56. The molecule has 0 saturated carbocycles. The number of hydrogen-bond donors (Lipinski definition) is 2. The first-order valence-electron chi connectivity index (χ1n) is 4.88. The Balaban J connectivity index is 2.79. The summed E-state index contributed by atoms with van der Waals surface area (Å²) in [5.74, 6) is 2.15. The number of nitrogens with one attached hydrogen (secondary N) is 1. The van der Waals surface area contributed by atoms with Crippen molar-refractivity contribution < 1.29 is 0 Å². The van der Waals surface area contributed by atoms with E-state index in [2.05, 4.69) is 29.4 Å². The second kappa shape index (κ2) is 4.41. The minimum atomic E-state index is -0.0328. The fourth-order valence-corrected chi connectivity index (χ4v) is 1.50. The first kappa shape index (κ1) is 11.0. The van der Waals surface area contributed by atoms with E-state index >= 15 is 0 Å². The van der Waals surface area contributed by atoms with E-state index in [-0.39, 0.29) is 6.04 Å². The molecule has 0 saturated heterocycles. The fourth-order valence-electron chi connectivity index (χ4n) is 1.50. The lowest BCUT2D eigenvalue weighted by atomic mass is 10.0. The molecule has 0 bridgehead atoms. The van der Waals surface area contributed by atoms with Crippen LogP contribution >= 0.6 is 0 Å². The van der Waals surface area contributed by atoms with E-state index in [9.17, 15) is 0 Å². The van der Waals surface area contributed by atoms with Crippen LogP contribution in [0.5, 0.6) is 0 Å². The average molecular weight is 197 g/mol. The van der Waals surface area contributed by atoms with Crippen LogP contribution in [0.2, 0.25) is 0 Å². The van der Waals surface area contributed by atoms with Gasteiger partial charge in [-0.05, 0) is 12.3 Å². The van der Waals surface area contributed by atoms with Crippen molar-refractivity contribution in [1.82, 2.24) is 14.8 Å². The molecule has 1 atom stereocenters. The van der Waals surface area contributed by atoms with Crippen molar-refractivity contribution in [3.63, 3.8) is 0 Å². The summed E-state index contributed by atoms with van der Waals surface area (Å²) >= 11 is 0. The van der Waals surface area contributed by atoms with Crippen LogP contribution in [0, 0.1) is 5.92 Å². The predicted molar refractivity (Wildman–Crippen MR) is 56.9 cm³/mol. The number of nitrogens with two attached hydrogens (primary N) is 1. The van der Waals surface area contributed by atoms with E-state index in [1.807, 2.05) is 18.7 Å². The second-order valence-corrected chi connectivity index (χ2v) is 3.93. The monoisotopic (exact) mass is 197 g/mol. The molecule has 0 unspecified atom stereocenters. The van der Waals surface area contributed by atoms with E-state index in [1.54, 1.807) is 0 Å².